The number of anilines is 1. The molecule has 0 radical (unpaired) electrons. The van der Waals surface area contributed by atoms with E-state index in [1.54, 1.807) is 11.3 Å². The second kappa shape index (κ2) is 5.51. The summed E-state index contributed by atoms with van der Waals surface area (Å²) in [6.07, 6.45) is 0. The minimum Gasteiger partial charge on any atom is -0.364 e. The monoisotopic (exact) mass is 321 g/mol. The number of pyridine rings is 1. The Kier molecular flexibility index (Phi) is 4.00. The summed E-state index contributed by atoms with van der Waals surface area (Å²) in [7, 11) is 0. The Bertz CT molecular complexity index is 613. The lowest BCUT2D eigenvalue weighted by Gasteiger charge is -2.09. The topological polar surface area (TPSA) is 48.7 Å². The molecule has 0 amide bonds. The third kappa shape index (κ3) is 2.71. The van der Waals surface area contributed by atoms with Crippen molar-refractivity contribution in [3.8, 4) is 6.07 Å². The molecule has 0 aliphatic carbocycles. The summed E-state index contributed by atoms with van der Waals surface area (Å²) in [5, 5.41) is 14.4. The Balaban J connectivity index is 2.24. The molecule has 0 aromatic carbocycles. The zero-order valence-electron chi connectivity index (χ0n) is 10.1. The molecular formula is C13H12BrN3S. The quantitative estimate of drug-likeness (QED) is 0.929. The average molecular weight is 322 g/mol. The first-order valence-electron chi connectivity index (χ1n) is 5.46. The van der Waals surface area contributed by atoms with Crippen molar-refractivity contribution < 1.29 is 0 Å². The lowest BCUT2D eigenvalue weighted by molar-refractivity contribution is 1.09. The van der Waals surface area contributed by atoms with Crippen LogP contribution < -0.4 is 5.32 Å². The van der Waals surface area contributed by atoms with Crippen LogP contribution in [0.25, 0.3) is 0 Å². The molecule has 0 saturated carbocycles. The zero-order chi connectivity index (χ0) is 13.1. The molecule has 92 valence electrons. The lowest BCUT2D eigenvalue weighted by atomic mass is 10.1. The minimum absolute atomic E-state index is 0.619. The molecule has 0 aliphatic rings. The molecule has 0 spiro atoms. The van der Waals surface area contributed by atoms with E-state index in [1.807, 2.05) is 31.4 Å². The van der Waals surface area contributed by atoms with Gasteiger partial charge in [-0.3, -0.25) is 0 Å². The van der Waals surface area contributed by atoms with Crippen molar-refractivity contribution in [1.82, 2.24) is 4.98 Å². The molecule has 18 heavy (non-hydrogen) atoms. The number of nitrogens with one attached hydrogen (secondary N) is 1. The number of aromatic nitrogens is 1. The van der Waals surface area contributed by atoms with Gasteiger partial charge in [-0.05, 0) is 52.9 Å². The molecule has 2 aromatic heterocycles. The van der Waals surface area contributed by atoms with Crippen LogP contribution in [0.2, 0.25) is 0 Å². The fourth-order valence-electron chi connectivity index (χ4n) is 1.72. The SMILES string of the molecule is Cc1cc(C)c(C#N)c(NCc2sccc2Br)n1. The second-order valence-corrected chi connectivity index (χ2v) is 5.82. The molecule has 0 fully saturated rings. The smallest absolute Gasteiger partial charge is 0.144 e. The number of nitriles is 1. The number of rotatable bonds is 3. The van der Waals surface area contributed by atoms with Gasteiger partial charge in [0.1, 0.15) is 11.9 Å². The molecule has 5 heteroatoms. The van der Waals surface area contributed by atoms with Crippen molar-refractivity contribution in [2.24, 2.45) is 0 Å². The van der Waals surface area contributed by atoms with Crippen molar-refractivity contribution >= 4 is 33.1 Å². The minimum atomic E-state index is 0.619. The fourth-order valence-corrected chi connectivity index (χ4v) is 3.15. The van der Waals surface area contributed by atoms with Crippen molar-refractivity contribution in [3.05, 3.63) is 43.7 Å². The molecule has 0 aliphatic heterocycles. The Labute approximate surface area is 119 Å². The van der Waals surface area contributed by atoms with Gasteiger partial charge in [-0.15, -0.1) is 11.3 Å². The van der Waals surface area contributed by atoms with Gasteiger partial charge in [0, 0.05) is 15.0 Å². The van der Waals surface area contributed by atoms with Gasteiger partial charge < -0.3 is 5.32 Å². The molecule has 2 rings (SSSR count). The van der Waals surface area contributed by atoms with E-state index in [1.165, 1.54) is 4.88 Å². The van der Waals surface area contributed by atoms with Gasteiger partial charge in [-0.25, -0.2) is 4.98 Å². The van der Waals surface area contributed by atoms with Crippen LogP contribution in [0.1, 0.15) is 21.7 Å². The van der Waals surface area contributed by atoms with Crippen LogP contribution in [0.15, 0.2) is 22.0 Å². The van der Waals surface area contributed by atoms with E-state index in [2.05, 4.69) is 32.3 Å². The molecule has 1 N–H and O–H groups in total. The lowest BCUT2D eigenvalue weighted by Crippen LogP contribution is -2.05. The Morgan fingerprint density at radius 2 is 2.28 bits per heavy atom. The summed E-state index contributed by atoms with van der Waals surface area (Å²) in [6.45, 7) is 4.53. The van der Waals surface area contributed by atoms with Crippen molar-refractivity contribution in [1.29, 1.82) is 5.26 Å². The Morgan fingerprint density at radius 3 is 2.89 bits per heavy atom. The first-order valence-corrected chi connectivity index (χ1v) is 7.13. The van der Waals surface area contributed by atoms with Crippen LogP contribution in [0.4, 0.5) is 5.82 Å². The van der Waals surface area contributed by atoms with Crippen molar-refractivity contribution in [2.45, 2.75) is 20.4 Å². The third-order valence-corrected chi connectivity index (χ3v) is 4.49. The summed E-state index contributed by atoms with van der Waals surface area (Å²) in [6, 6.07) is 6.14. The van der Waals surface area contributed by atoms with Gasteiger partial charge in [-0.2, -0.15) is 5.26 Å². The van der Waals surface area contributed by atoms with Gasteiger partial charge >= 0.3 is 0 Å². The molecule has 2 aromatic rings. The van der Waals surface area contributed by atoms with Crippen LogP contribution in [-0.4, -0.2) is 4.98 Å². The number of thiophene rings is 1. The third-order valence-electron chi connectivity index (χ3n) is 2.56. The maximum Gasteiger partial charge on any atom is 0.144 e. The van der Waals surface area contributed by atoms with E-state index in [-0.39, 0.29) is 0 Å². The highest BCUT2D eigenvalue weighted by atomic mass is 79.9. The first-order chi connectivity index (χ1) is 8.61. The summed E-state index contributed by atoms with van der Waals surface area (Å²) in [5.41, 5.74) is 2.49. The molecule has 3 nitrogen and oxygen atoms in total. The average Bonchev–Trinajstić information content (AvgIpc) is 2.71. The zero-order valence-corrected chi connectivity index (χ0v) is 12.5. The van der Waals surface area contributed by atoms with Crippen LogP contribution >= 0.6 is 27.3 Å². The Morgan fingerprint density at radius 1 is 1.50 bits per heavy atom. The summed E-state index contributed by atoms with van der Waals surface area (Å²) in [4.78, 5) is 5.58. The van der Waals surface area contributed by atoms with E-state index >= 15 is 0 Å². The van der Waals surface area contributed by atoms with Crippen LogP contribution in [0.3, 0.4) is 0 Å². The van der Waals surface area contributed by atoms with Crippen molar-refractivity contribution in [3.63, 3.8) is 0 Å². The number of nitrogens with zero attached hydrogens (tertiary/aromatic N) is 2. The second-order valence-electron chi connectivity index (χ2n) is 3.96. The van der Waals surface area contributed by atoms with Gasteiger partial charge in [0.2, 0.25) is 0 Å². The summed E-state index contributed by atoms with van der Waals surface area (Å²) >= 11 is 5.16. The molecular weight excluding hydrogens is 310 g/mol. The fraction of sp³-hybridized carbons (Fsp3) is 0.231. The largest absolute Gasteiger partial charge is 0.364 e. The number of hydrogen-bond donors (Lipinski definition) is 1. The molecule has 0 saturated heterocycles. The van der Waals surface area contributed by atoms with E-state index in [9.17, 15) is 0 Å². The van der Waals surface area contributed by atoms with E-state index in [0.29, 0.717) is 17.9 Å². The van der Waals surface area contributed by atoms with Crippen LogP contribution in [0, 0.1) is 25.2 Å². The standard InChI is InChI=1S/C13H12BrN3S/c1-8-5-9(2)17-13(10(8)6-15)16-7-12-11(14)3-4-18-12/h3-5H,7H2,1-2H3,(H,16,17). The van der Waals surface area contributed by atoms with Gasteiger partial charge in [0.15, 0.2) is 0 Å². The predicted molar refractivity (Wildman–Crippen MR) is 77.8 cm³/mol. The van der Waals surface area contributed by atoms with Crippen molar-refractivity contribution in [2.75, 3.05) is 5.32 Å². The summed E-state index contributed by atoms with van der Waals surface area (Å²) < 4.78 is 1.09. The van der Waals surface area contributed by atoms with E-state index in [0.717, 1.165) is 15.7 Å². The number of halogens is 1. The number of aryl methyl sites for hydroxylation is 2. The van der Waals surface area contributed by atoms with E-state index in [4.69, 9.17) is 5.26 Å². The molecule has 0 atom stereocenters. The molecule has 0 unspecified atom stereocenters. The highest BCUT2D eigenvalue weighted by Crippen LogP contribution is 2.24. The molecule has 2 heterocycles. The van der Waals surface area contributed by atoms with Gasteiger partial charge in [-0.1, -0.05) is 0 Å². The highest BCUT2D eigenvalue weighted by molar-refractivity contribution is 9.10. The summed E-state index contributed by atoms with van der Waals surface area (Å²) in [5.74, 6) is 0.662. The van der Waals surface area contributed by atoms with E-state index < -0.39 is 0 Å². The normalized spacial score (nSPS) is 10.1. The molecule has 0 bridgehead atoms. The maximum atomic E-state index is 9.17. The Hall–Kier alpha value is -1.38. The highest BCUT2D eigenvalue weighted by Gasteiger charge is 2.09. The van der Waals surface area contributed by atoms with Gasteiger partial charge in [0.05, 0.1) is 12.1 Å². The number of hydrogen-bond acceptors (Lipinski definition) is 4. The van der Waals surface area contributed by atoms with Crippen LogP contribution in [0.5, 0.6) is 0 Å². The first kappa shape index (κ1) is 13.1. The van der Waals surface area contributed by atoms with Crippen LogP contribution in [-0.2, 0) is 6.54 Å². The maximum absolute atomic E-state index is 9.17. The predicted octanol–water partition coefficient (Wildman–Crippen LogP) is 4.01. The van der Waals surface area contributed by atoms with Gasteiger partial charge in [0.25, 0.3) is 0 Å².